The number of rotatable bonds is 5. The topological polar surface area (TPSA) is 69.7 Å². The Balaban J connectivity index is 1.50. The Morgan fingerprint density at radius 1 is 1.06 bits per heavy atom. The minimum absolute atomic E-state index is 0.0439. The molecule has 0 aromatic rings. The first-order valence-corrected chi connectivity index (χ1v) is 12.9. The third-order valence-electron chi connectivity index (χ3n) is 10.5. The monoisotopic (exact) mass is 446 g/mol. The SMILES string of the molecule is COC(=O)CC[C@@H](C)[C@H]1CCC2C3CC(=O)C4C[C@@H](OC(C)=O)CC[C@]4(C)C3CC[C@@]21C. The van der Waals surface area contributed by atoms with Crippen LogP contribution in [-0.2, 0) is 23.9 Å². The molecule has 5 heteroatoms. The first-order valence-electron chi connectivity index (χ1n) is 12.9. The van der Waals surface area contributed by atoms with E-state index in [4.69, 9.17) is 9.47 Å². The van der Waals surface area contributed by atoms with Gasteiger partial charge >= 0.3 is 11.9 Å². The number of esters is 2. The molecule has 4 aliphatic rings. The number of hydrogen-bond acceptors (Lipinski definition) is 5. The van der Waals surface area contributed by atoms with Crippen molar-refractivity contribution in [3.63, 3.8) is 0 Å². The van der Waals surface area contributed by atoms with Crippen LogP contribution in [0.2, 0.25) is 0 Å². The van der Waals surface area contributed by atoms with Crippen molar-refractivity contribution in [2.75, 3.05) is 7.11 Å². The van der Waals surface area contributed by atoms with Crippen LogP contribution in [0.3, 0.4) is 0 Å². The number of ether oxygens (including phenoxy) is 2. The summed E-state index contributed by atoms with van der Waals surface area (Å²) >= 11 is 0. The molecular formula is C27H42O5. The molecule has 180 valence electrons. The molecule has 0 heterocycles. The summed E-state index contributed by atoms with van der Waals surface area (Å²) in [5.41, 5.74) is 0.321. The van der Waals surface area contributed by atoms with Crippen LogP contribution in [0.15, 0.2) is 0 Å². The normalized spacial score (nSPS) is 44.1. The fourth-order valence-electron chi connectivity index (χ4n) is 8.97. The van der Waals surface area contributed by atoms with E-state index >= 15 is 0 Å². The first-order chi connectivity index (χ1) is 15.1. The minimum Gasteiger partial charge on any atom is -0.469 e. The predicted molar refractivity (Wildman–Crippen MR) is 122 cm³/mol. The van der Waals surface area contributed by atoms with E-state index in [0.717, 1.165) is 19.3 Å². The Morgan fingerprint density at radius 2 is 1.75 bits per heavy atom. The molecule has 4 rings (SSSR count). The molecule has 5 nitrogen and oxygen atoms in total. The lowest BCUT2D eigenvalue weighted by Gasteiger charge is -2.60. The van der Waals surface area contributed by atoms with Crippen molar-refractivity contribution >= 4 is 17.7 Å². The molecule has 0 aromatic carbocycles. The van der Waals surface area contributed by atoms with E-state index in [-0.39, 0.29) is 34.8 Å². The van der Waals surface area contributed by atoms with Crippen LogP contribution in [0.25, 0.3) is 0 Å². The summed E-state index contributed by atoms with van der Waals surface area (Å²) < 4.78 is 10.4. The van der Waals surface area contributed by atoms with Gasteiger partial charge in [0.1, 0.15) is 11.9 Å². The lowest BCUT2D eigenvalue weighted by atomic mass is 9.44. The van der Waals surface area contributed by atoms with Crippen molar-refractivity contribution < 1.29 is 23.9 Å². The number of fused-ring (bicyclic) bond motifs is 5. The predicted octanol–water partition coefficient (Wildman–Crippen LogP) is 5.35. The highest BCUT2D eigenvalue weighted by Gasteiger charge is 2.62. The van der Waals surface area contributed by atoms with E-state index in [9.17, 15) is 14.4 Å². The Kier molecular flexibility index (Phi) is 6.50. The summed E-state index contributed by atoms with van der Waals surface area (Å²) in [6.45, 7) is 8.63. The summed E-state index contributed by atoms with van der Waals surface area (Å²) in [5.74, 6) is 2.95. The maximum Gasteiger partial charge on any atom is 0.305 e. The quantitative estimate of drug-likeness (QED) is 0.533. The number of ketones is 1. The van der Waals surface area contributed by atoms with Gasteiger partial charge in [0.05, 0.1) is 7.11 Å². The first kappa shape index (κ1) is 23.8. The third kappa shape index (κ3) is 3.92. The zero-order valence-electron chi connectivity index (χ0n) is 20.7. The smallest absolute Gasteiger partial charge is 0.305 e. The fraction of sp³-hybridized carbons (Fsp3) is 0.889. The Bertz CT molecular complexity index is 761. The molecule has 0 saturated heterocycles. The number of carbonyl (C=O) groups is 3. The maximum atomic E-state index is 13.4. The second-order valence-corrected chi connectivity index (χ2v) is 11.9. The van der Waals surface area contributed by atoms with Gasteiger partial charge in [0, 0.05) is 25.7 Å². The summed E-state index contributed by atoms with van der Waals surface area (Å²) in [5, 5.41) is 0. The van der Waals surface area contributed by atoms with E-state index in [1.54, 1.807) is 0 Å². The summed E-state index contributed by atoms with van der Waals surface area (Å²) in [6.07, 6.45) is 9.48. The summed E-state index contributed by atoms with van der Waals surface area (Å²) in [7, 11) is 1.47. The van der Waals surface area contributed by atoms with Gasteiger partial charge in [0.25, 0.3) is 0 Å². The highest BCUT2D eigenvalue weighted by molar-refractivity contribution is 5.83. The molecule has 0 radical (unpaired) electrons. The molecule has 4 aliphatic carbocycles. The third-order valence-corrected chi connectivity index (χ3v) is 10.5. The standard InChI is InChI=1S/C27H42O5/c1-16(6-9-25(30)31-5)20-7-8-21-19-15-24(29)23-14-18(32-17(2)28)10-12-27(23,4)22(19)11-13-26(20,21)3/h16,18-23H,6-15H2,1-5H3/t16-,18+,19?,20-,21?,22?,23?,26-,27-/m1/s1. The van der Waals surface area contributed by atoms with Gasteiger partial charge in [0.2, 0.25) is 0 Å². The zero-order valence-corrected chi connectivity index (χ0v) is 20.7. The average molecular weight is 447 g/mol. The molecule has 0 bridgehead atoms. The van der Waals surface area contributed by atoms with Gasteiger partial charge in [-0.2, -0.15) is 0 Å². The van der Waals surface area contributed by atoms with Gasteiger partial charge in [-0.1, -0.05) is 20.8 Å². The van der Waals surface area contributed by atoms with E-state index in [0.29, 0.717) is 54.6 Å². The second-order valence-electron chi connectivity index (χ2n) is 11.9. The molecule has 0 amide bonds. The molecule has 4 unspecified atom stereocenters. The van der Waals surface area contributed by atoms with Gasteiger partial charge in [-0.15, -0.1) is 0 Å². The molecule has 4 fully saturated rings. The van der Waals surface area contributed by atoms with Gasteiger partial charge in [-0.3, -0.25) is 14.4 Å². The van der Waals surface area contributed by atoms with Gasteiger partial charge in [-0.05, 0) is 91.8 Å². The van der Waals surface area contributed by atoms with Gasteiger partial charge < -0.3 is 9.47 Å². The minimum atomic E-state index is -0.230. The Labute approximate surface area is 193 Å². The molecular weight excluding hydrogens is 404 g/mol. The Hall–Kier alpha value is -1.39. The van der Waals surface area contributed by atoms with E-state index in [1.807, 2.05) is 0 Å². The lowest BCUT2D eigenvalue weighted by Crippen LogP contribution is -2.57. The molecule has 4 saturated carbocycles. The van der Waals surface area contributed by atoms with Crippen LogP contribution in [0.4, 0.5) is 0 Å². The van der Waals surface area contributed by atoms with E-state index in [1.165, 1.54) is 39.7 Å². The van der Waals surface area contributed by atoms with Crippen molar-refractivity contribution in [3.05, 3.63) is 0 Å². The fourth-order valence-corrected chi connectivity index (χ4v) is 8.97. The van der Waals surface area contributed by atoms with Gasteiger partial charge in [0.15, 0.2) is 0 Å². The molecule has 0 aromatic heterocycles. The average Bonchev–Trinajstić information content (AvgIpc) is 3.10. The van der Waals surface area contributed by atoms with Crippen molar-refractivity contribution in [2.45, 2.75) is 98.0 Å². The molecule has 0 N–H and O–H groups in total. The van der Waals surface area contributed by atoms with Crippen LogP contribution in [0.1, 0.15) is 91.9 Å². The van der Waals surface area contributed by atoms with E-state index < -0.39 is 0 Å². The second kappa shape index (κ2) is 8.76. The van der Waals surface area contributed by atoms with Crippen LogP contribution < -0.4 is 0 Å². The largest absolute Gasteiger partial charge is 0.469 e. The lowest BCUT2D eigenvalue weighted by molar-refractivity contribution is -0.169. The molecule has 9 atom stereocenters. The van der Waals surface area contributed by atoms with Gasteiger partial charge in [-0.25, -0.2) is 0 Å². The van der Waals surface area contributed by atoms with Crippen LogP contribution in [0.5, 0.6) is 0 Å². The van der Waals surface area contributed by atoms with Crippen molar-refractivity contribution in [1.29, 1.82) is 0 Å². The van der Waals surface area contributed by atoms with Crippen LogP contribution >= 0.6 is 0 Å². The van der Waals surface area contributed by atoms with Crippen LogP contribution in [0, 0.1) is 46.3 Å². The molecule has 0 aliphatic heterocycles. The van der Waals surface area contributed by atoms with Crippen molar-refractivity contribution in [3.8, 4) is 0 Å². The summed E-state index contributed by atoms with van der Waals surface area (Å²) in [4.78, 5) is 36.6. The summed E-state index contributed by atoms with van der Waals surface area (Å²) in [6, 6.07) is 0. The number of methoxy groups -OCH3 is 1. The highest BCUT2D eigenvalue weighted by Crippen LogP contribution is 2.67. The molecule has 32 heavy (non-hydrogen) atoms. The Morgan fingerprint density at radius 3 is 2.44 bits per heavy atom. The molecule has 0 spiro atoms. The van der Waals surface area contributed by atoms with Crippen molar-refractivity contribution in [2.24, 2.45) is 46.3 Å². The number of carbonyl (C=O) groups excluding carboxylic acids is 3. The van der Waals surface area contributed by atoms with Crippen molar-refractivity contribution in [1.82, 2.24) is 0 Å². The van der Waals surface area contributed by atoms with E-state index in [2.05, 4.69) is 20.8 Å². The highest BCUT2D eigenvalue weighted by atomic mass is 16.5. The zero-order chi connectivity index (χ0) is 23.3. The maximum absolute atomic E-state index is 13.4. The number of hydrogen-bond donors (Lipinski definition) is 0. The number of Topliss-reactive ketones (excluding diaryl/α,β-unsaturated/α-hetero) is 1. The van der Waals surface area contributed by atoms with Crippen LogP contribution in [-0.4, -0.2) is 30.9 Å².